The minimum atomic E-state index is -4.53. The molecule has 1 unspecified atom stereocenters. The Labute approximate surface area is 215 Å². The Hall–Kier alpha value is -2.70. The fraction of sp³-hybridized carbons (Fsp3) is 0.520. The molecule has 1 aromatic carbocycles. The molecule has 1 aromatic heterocycles. The highest BCUT2D eigenvalue weighted by molar-refractivity contribution is 7.89. The minimum Gasteiger partial charge on any atom is -0.337 e. The third-order valence-electron chi connectivity index (χ3n) is 6.56. The number of piperidine rings is 1. The number of benzene rings is 1. The summed E-state index contributed by atoms with van der Waals surface area (Å²) >= 11 is 0. The van der Waals surface area contributed by atoms with Gasteiger partial charge in [-0.05, 0) is 88.9 Å². The van der Waals surface area contributed by atoms with Crippen molar-refractivity contribution < 1.29 is 26.4 Å². The van der Waals surface area contributed by atoms with Crippen molar-refractivity contribution in [2.75, 3.05) is 25.0 Å². The normalized spacial score (nSPS) is 19.1. The van der Waals surface area contributed by atoms with Crippen LogP contribution >= 0.6 is 0 Å². The van der Waals surface area contributed by atoms with E-state index in [1.165, 1.54) is 4.31 Å². The highest BCUT2D eigenvalue weighted by Gasteiger charge is 2.45. The number of carbonyl (C=O) groups excluding carboxylic acids is 1. The molecule has 1 saturated carbocycles. The zero-order valence-electron chi connectivity index (χ0n) is 20.9. The smallest absolute Gasteiger partial charge is 0.337 e. The second-order valence-electron chi connectivity index (χ2n) is 9.62. The van der Waals surface area contributed by atoms with Crippen LogP contribution in [0.4, 0.5) is 23.7 Å². The number of urea groups is 1. The molecule has 2 aromatic rings. The maximum absolute atomic E-state index is 13.6. The molecular weight excluding hydrogens is 507 g/mol. The largest absolute Gasteiger partial charge is 0.416 e. The van der Waals surface area contributed by atoms with Gasteiger partial charge < -0.3 is 10.6 Å². The number of anilines is 1. The predicted molar refractivity (Wildman–Crippen MR) is 133 cm³/mol. The molecule has 1 atom stereocenters. The number of aryl methyl sites for hydroxylation is 2. The van der Waals surface area contributed by atoms with Gasteiger partial charge in [0.05, 0.1) is 16.6 Å². The summed E-state index contributed by atoms with van der Waals surface area (Å²) in [4.78, 5) is 18.6. The highest BCUT2D eigenvalue weighted by Crippen LogP contribution is 2.38. The number of nitrogens with one attached hydrogen (secondary N) is 2. The van der Waals surface area contributed by atoms with Crippen molar-refractivity contribution in [2.45, 2.75) is 69.2 Å². The fourth-order valence-electron chi connectivity index (χ4n) is 4.78. The van der Waals surface area contributed by atoms with Crippen LogP contribution in [0.5, 0.6) is 0 Å². The van der Waals surface area contributed by atoms with Gasteiger partial charge >= 0.3 is 12.2 Å². The maximum atomic E-state index is 13.6. The van der Waals surface area contributed by atoms with Gasteiger partial charge in [0, 0.05) is 36.2 Å². The number of alkyl halides is 3. The second kappa shape index (κ2) is 11.0. The van der Waals surface area contributed by atoms with E-state index in [1.54, 1.807) is 12.1 Å². The van der Waals surface area contributed by atoms with E-state index in [-0.39, 0.29) is 17.0 Å². The van der Waals surface area contributed by atoms with Gasteiger partial charge in [0.25, 0.3) is 0 Å². The molecule has 0 spiro atoms. The summed E-state index contributed by atoms with van der Waals surface area (Å²) in [6, 6.07) is 6.70. The molecule has 37 heavy (non-hydrogen) atoms. The van der Waals surface area contributed by atoms with Crippen LogP contribution in [-0.2, 0) is 16.2 Å². The molecule has 12 heteroatoms. The highest BCUT2D eigenvalue weighted by atomic mass is 32.2. The number of nitrogens with zero attached hydrogens (tertiary/aromatic N) is 3. The average Bonchev–Trinajstić information content (AvgIpc) is 3.64. The van der Waals surface area contributed by atoms with Crippen LogP contribution in [0.1, 0.15) is 49.1 Å². The van der Waals surface area contributed by atoms with Crippen molar-refractivity contribution in [1.29, 1.82) is 0 Å². The van der Waals surface area contributed by atoms with E-state index in [2.05, 4.69) is 15.6 Å². The Morgan fingerprint density at radius 3 is 2.32 bits per heavy atom. The van der Waals surface area contributed by atoms with Gasteiger partial charge in [0.2, 0.25) is 10.0 Å². The molecule has 0 radical (unpaired) electrons. The molecule has 2 aliphatic rings. The van der Waals surface area contributed by atoms with Gasteiger partial charge in [-0.3, -0.25) is 9.88 Å². The maximum Gasteiger partial charge on any atom is 0.416 e. The monoisotopic (exact) mass is 539 g/mol. The van der Waals surface area contributed by atoms with Gasteiger partial charge in [-0.1, -0.05) is 0 Å². The van der Waals surface area contributed by atoms with E-state index >= 15 is 0 Å². The summed E-state index contributed by atoms with van der Waals surface area (Å²) in [6.07, 6.45) is -1.14. The first-order valence-electron chi connectivity index (χ1n) is 12.4. The minimum absolute atomic E-state index is 0.140. The third-order valence-corrected chi connectivity index (χ3v) is 8.53. The van der Waals surface area contributed by atoms with Crippen LogP contribution in [0, 0.1) is 13.8 Å². The van der Waals surface area contributed by atoms with Gasteiger partial charge in [-0.2, -0.15) is 17.5 Å². The molecule has 1 aliphatic heterocycles. The number of aromatic nitrogens is 1. The van der Waals surface area contributed by atoms with E-state index in [9.17, 15) is 26.4 Å². The van der Waals surface area contributed by atoms with Gasteiger partial charge in [-0.25, -0.2) is 13.2 Å². The predicted octanol–water partition coefficient (Wildman–Crippen LogP) is 4.50. The van der Waals surface area contributed by atoms with Crippen LogP contribution in [0.3, 0.4) is 0 Å². The quantitative estimate of drug-likeness (QED) is 0.515. The van der Waals surface area contributed by atoms with Crippen molar-refractivity contribution in [3.63, 3.8) is 0 Å². The van der Waals surface area contributed by atoms with Crippen LogP contribution in [0.2, 0.25) is 0 Å². The molecule has 2 amide bonds. The first-order chi connectivity index (χ1) is 17.4. The molecule has 1 aliphatic carbocycles. The summed E-state index contributed by atoms with van der Waals surface area (Å²) in [5, 5.41) is 5.62. The van der Waals surface area contributed by atoms with Crippen molar-refractivity contribution >= 4 is 21.7 Å². The molecule has 8 nitrogen and oxygen atoms in total. The van der Waals surface area contributed by atoms with E-state index in [1.807, 2.05) is 18.7 Å². The Morgan fingerprint density at radius 2 is 1.73 bits per heavy atom. The average molecular weight is 540 g/mol. The number of rotatable bonds is 8. The zero-order valence-corrected chi connectivity index (χ0v) is 21.7. The van der Waals surface area contributed by atoms with Gasteiger partial charge in [-0.15, -0.1) is 0 Å². The van der Waals surface area contributed by atoms with Gasteiger partial charge in [0.15, 0.2) is 0 Å². The Morgan fingerprint density at radius 1 is 1.08 bits per heavy atom. The standard InChI is InChI=1S/C25H32F3N5O3S/c1-17-15-20(16-18(2)30-17)31-24(34)29-12-14-32-13-4-3-5-23(32)33(21-8-9-21)37(35,36)22-10-6-19(7-11-22)25(26,27)28/h6-7,10-11,15-16,21,23H,3-5,8-9,12-14H2,1-2H3,(H2,29,30,31,34). The first-order valence-corrected chi connectivity index (χ1v) is 13.8. The van der Waals surface area contributed by atoms with E-state index in [0.717, 1.165) is 61.3 Å². The number of hydrogen-bond donors (Lipinski definition) is 2. The lowest BCUT2D eigenvalue weighted by atomic mass is 10.1. The fourth-order valence-corrected chi connectivity index (χ4v) is 6.67. The molecule has 1 saturated heterocycles. The van der Waals surface area contributed by atoms with Crippen molar-refractivity contribution in [3.05, 3.63) is 53.3 Å². The molecular formula is C25H32F3N5O3S. The number of hydrogen-bond acceptors (Lipinski definition) is 5. The van der Waals surface area contributed by atoms with Crippen molar-refractivity contribution in [3.8, 4) is 0 Å². The number of likely N-dealkylation sites (tertiary alicyclic amines) is 1. The Balaban J connectivity index is 1.43. The molecule has 4 rings (SSSR count). The SMILES string of the molecule is Cc1cc(NC(=O)NCCN2CCCCC2N(C2CC2)S(=O)(=O)c2ccc(C(F)(F)F)cc2)cc(C)n1. The number of carbonyl (C=O) groups is 1. The van der Waals surface area contributed by atoms with E-state index in [4.69, 9.17) is 0 Å². The molecule has 202 valence electrons. The lowest BCUT2D eigenvalue weighted by Crippen LogP contribution is -2.55. The lowest BCUT2D eigenvalue weighted by molar-refractivity contribution is -0.137. The molecule has 2 N–H and O–H groups in total. The summed E-state index contributed by atoms with van der Waals surface area (Å²) < 4.78 is 67.6. The molecule has 0 bridgehead atoms. The van der Waals surface area contributed by atoms with Crippen LogP contribution in [0.25, 0.3) is 0 Å². The number of amides is 2. The third kappa shape index (κ3) is 6.79. The summed E-state index contributed by atoms with van der Waals surface area (Å²) in [7, 11) is -4.00. The van der Waals surface area contributed by atoms with Crippen molar-refractivity contribution in [2.24, 2.45) is 0 Å². The summed E-state index contributed by atoms with van der Waals surface area (Å²) in [5.41, 5.74) is 1.34. The van der Waals surface area contributed by atoms with E-state index in [0.29, 0.717) is 31.7 Å². The van der Waals surface area contributed by atoms with Crippen LogP contribution in [-0.4, -0.2) is 60.5 Å². The van der Waals surface area contributed by atoms with Crippen LogP contribution < -0.4 is 10.6 Å². The Bertz CT molecular complexity index is 1200. The molecule has 2 fully saturated rings. The second-order valence-corrected chi connectivity index (χ2v) is 11.5. The summed E-state index contributed by atoms with van der Waals surface area (Å²) in [6.45, 7) is 5.11. The first kappa shape index (κ1) is 27.3. The molecule has 2 heterocycles. The number of halogens is 3. The summed E-state index contributed by atoms with van der Waals surface area (Å²) in [5.74, 6) is 0. The lowest BCUT2D eigenvalue weighted by Gasteiger charge is -2.42. The number of pyridine rings is 1. The number of sulfonamides is 1. The van der Waals surface area contributed by atoms with Crippen LogP contribution in [0.15, 0.2) is 41.3 Å². The van der Waals surface area contributed by atoms with Crippen molar-refractivity contribution in [1.82, 2.24) is 19.5 Å². The Kier molecular flexibility index (Phi) is 8.10. The zero-order chi connectivity index (χ0) is 26.8. The van der Waals surface area contributed by atoms with E-state index < -0.39 is 27.9 Å². The topological polar surface area (TPSA) is 94.6 Å². The van der Waals surface area contributed by atoms with Gasteiger partial charge in [0.1, 0.15) is 0 Å².